The van der Waals surface area contributed by atoms with Gasteiger partial charge in [0.05, 0.1) is 6.04 Å². The normalized spacial score (nSPS) is 20.8. The van der Waals surface area contributed by atoms with E-state index >= 15 is 0 Å². The van der Waals surface area contributed by atoms with Crippen LogP contribution in [-0.2, 0) is 9.53 Å². The maximum Gasteiger partial charge on any atom is 0.407 e. The van der Waals surface area contributed by atoms with Gasteiger partial charge in [0.25, 0.3) is 0 Å². The molecule has 1 atom stereocenters. The van der Waals surface area contributed by atoms with E-state index in [0.29, 0.717) is 13.0 Å². The van der Waals surface area contributed by atoms with E-state index < -0.39 is 11.7 Å². The molecule has 1 saturated heterocycles. The molecular formula is C9H16N2O3. The minimum atomic E-state index is -0.479. The van der Waals surface area contributed by atoms with Gasteiger partial charge in [0.1, 0.15) is 5.60 Å². The molecule has 14 heavy (non-hydrogen) atoms. The number of hydrogen-bond donors (Lipinski definition) is 2. The third-order valence-electron chi connectivity index (χ3n) is 1.69. The summed E-state index contributed by atoms with van der Waals surface area (Å²) in [6.07, 6.45) is 0.0362. The van der Waals surface area contributed by atoms with Crippen LogP contribution in [0.25, 0.3) is 0 Å². The Hall–Kier alpha value is -1.26. The average Bonchev–Trinajstić information content (AvgIpc) is 1.92. The summed E-state index contributed by atoms with van der Waals surface area (Å²) < 4.78 is 5.02. The van der Waals surface area contributed by atoms with Crippen molar-refractivity contribution >= 4 is 12.0 Å². The summed E-state index contributed by atoms with van der Waals surface area (Å²) in [5.41, 5.74) is -0.479. The quantitative estimate of drug-likeness (QED) is 0.634. The van der Waals surface area contributed by atoms with Crippen molar-refractivity contribution in [2.24, 2.45) is 0 Å². The Morgan fingerprint density at radius 2 is 2.21 bits per heavy atom. The van der Waals surface area contributed by atoms with Crippen molar-refractivity contribution in [1.29, 1.82) is 0 Å². The van der Waals surface area contributed by atoms with Gasteiger partial charge in [-0.25, -0.2) is 4.79 Å². The van der Waals surface area contributed by atoms with Gasteiger partial charge >= 0.3 is 6.09 Å². The number of amides is 2. The van der Waals surface area contributed by atoms with Crippen molar-refractivity contribution in [3.8, 4) is 0 Å². The first-order chi connectivity index (χ1) is 6.37. The van der Waals surface area contributed by atoms with Crippen LogP contribution >= 0.6 is 0 Å². The van der Waals surface area contributed by atoms with E-state index in [9.17, 15) is 9.59 Å². The van der Waals surface area contributed by atoms with Gasteiger partial charge < -0.3 is 15.4 Å². The van der Waals surface area contributed by atoms with Crippen molar-refractivity contribution in [3.05, 3.63) is 0 Å². The fourth-order valence-electron chi connectivity index (χ4n) is 1.07. The van der Waals surface area contributed by atoms with Crippen LogP contribution in [0.1, 0.15) is 27.2 Å². The lowest BCUT2D eigenvalue weighted by atomic mass is 10.1. The number of nitrogens with one attached hydrogen (secondary N) is 2. The topological polar surface area (TPSA) is 67.4 Å². The highest BCUT2D eigenvalue weighted by Crippen LogP contribution is 2.07. The maximum atomic E-state index is 11.1. The zero-order valence-corrected chi connectivity index (χ0v) is 8.72. The molecule has 0 unspecified atom stereocenters. The summed E-state index contributed by atoms with van der Waals surface area (Å²) in [7, 11) is 0. The summed E-state index contributed by atoms with van der Waals surface area (Å²) in [6, 6.07) is 0.0648. The molecule has 0 aromatic rings. The summed E-state index contributed by atoms with van der Waals surface area (Å²) in [5.74, 6) is 0.0287. The molecule has 0 aromatic heterocycles. The molecule has 2 N–H and O–H groups in total. The number of β-lactam (4-membered cyclic amide) rings is 1. The molecule has 0 bridgehead atoms. The number of ether oxygens (including phenoxy) is 1. The van der Waals surface area contributed by atoms with E-state index in [1.165, 1.54) is 0 Å². The largest absolute Gasteiger partial charge is 0.444 e. The predicted molar refractivity (Wildman–Crippen MR) is 50.8 cm³/mol. The standard InChI is InChI=1S/C9H16N2O3/c1-9(2,3)14-8(13)10-5-6-4-7(12)11-6/h6H,4-5H2,1-3H3,(H,10,13)(H,11,12)/t6-/m1/s1. The van der Waals surface area contributed by atoms with E-state index in [2.05, 4.69) is 10.6 Å². The Balaban J connectivity index is 2.13. The molecule has 0 spiro atoms. The summed E-state index contributed by atoms with van der Waals surface area (Å²) in [6.45, 7) is 5.84. The van der Waals surface area contributed by atoms with Gasteiger partial charge in [-0.1, -0.05) is 0 Å². The predicted octanol–water partition coefficient (Wildman–Crippen LogP) is 0.400. The first-order valence-corrected chi connectivity index (χ1v) is 4.63. The van der Waals surface area contributed by atoms with Crippen LogP contribution in [0, 0.1) is 0 Å². The average molecular weight is 200 g/mol. The van der Waals surface area contributed by atoms with Crippen molar-refractivity contribution in [2.75, 3.05) is 6.54 Å². The number of carbonyl (C=O) groups is 2. The second-order valence-corrected chi connectivity index (χ2v) is 4.35. The minimum Gasteiger partial charge on any atom is -0.444 e. The Bertz CT molecular complexity index is 237. The first kappa shape index (κ1) is 10.8. The summed E-state index contributed by atoms with van der Waals surface area (Å²) in [5, 5.41) is 5.24. The van der Waals surface area contributed by atoms with Gasteiger partial charge in [-0.3, -0.25) is 4.79 Å². The fraction of sp³-hybridized carbons (Fsp3) is 0.778. The number of rotatable bonds is 2. The van der Waals surface area contributed by atoms with E-state index in [-0.39, 0.29) is 11.9 Å². The molecule has 5 heteroatoms. The van der Waals surface area contributed by atoms with E-state index in [4.69, 9.17) is 4.74 Å². The minimum absolute atomic E-state index is 0.0287. The number of hydrogen-bond acceptors (Lipinski definition) is 3. The van der Waals surface area contributed by atoms with Crippen LogP contribution < -0.4 is 10.6 Å². The maximum absolute atomic E-state index is 11.1. The molecule has 1 rings (SSSR count). The Labute approximate surface area is 83.2 Å². The van der Waals surface area contributed by atoms with Crippen LogP contribution in [-0.4, -0.2) is 30.2 Å². The van der Waals surface area contributed by atoms with Gasteiger partial charge in [-0.05, 0) is 20.8 Å². The molecule has 1 aliphatic heterocycles. The molecule has 1 fully saturated rings. The molecule has 2 amide bonds. The Morgan fingerprint density at radius 1 is 1.64 bits per heavy atom. The smallest absolute Gasteiger partial charge is 0.407 e. The first-order valence-electron chi connectivity index (χ1n) is 4.63. The third-order valence-corrected chi connectivity index (χ3v) is 1.69. The monoisotopic (exact) mass is 200 g/mol. The highest BCUT2D eigenvalue weighted by molar-refractivity contribution is 5.83. The molecule has 0 saturated carbocycles. The molecule has 1 heterocycles. The Morgan fingerprint density at radius 3 is 2.64 bits per heavy atom. The molecule has 1 aliphatic rings. The zero-order chi connectivity index (χ0) is 10.8. The van der Waals surface area contributed by atoms with Crippen LogP contribution in [0.5, 0.6) is 0 Å². The van der Waals surface area contributed by atoms with Gasteiger partial charge in [0.2, 0.25) is 5.91 Å². The van der Waals surface area contributed by atoms with Crippen molar-refractivity contribution in [2.45, 2.75) is 38.8 Å². The van der Waals surface area contributed by atoms with Crippen molar-refractivity contribution in [3.63, 3.8) is 0 Å². The van der Waals surface area contributed by atoms with Crippen LogP contribution in [0.15, 0.2) is 0 Å². The van der Waals surface area contributed by atoms with E-state index in [1.54, 1.807) is 20.8 Å². The number of alkyl carbamates (subject to hydrolysis) is 1. The fourth-order valence-corrected chi connectivity index (χ4v) is 1.07. The molecular weight excluding hydrogens is 184 g/mol. The van der Waals surface area contributed by atoms with Crippen LogP contribution in [0.2, 0.25) is 0 Å². The van der Waals surface area contributed by atoms with Gasteiger partial charge in [-0.15, -0.1) is 0 Å². The highest BCUT2D eigenvalue weighted by Gasteiger charge is 2.26. The van der Waals surface area contributed by atoms with Gasteiger partial charge in [-0.2, -0.15) is 0 Å². The lowest BCUT2D eigenvalue weighted by Gasteiger charge is -2.27. The second-order valence-electron chi connectivity index (χ2n) is 4.35. The van der Waals surface area contributed by atoms with Crippen molar-refractivity contribution in [1.82, 2.24) is 10.6 Å². The van der Waals surface area contributed by atoms with E-state index in [1.807, 2.05) is 0 Å². The van der Waals surface area contributed by atoms with Crippen LogP contribution in [0.3, 0.4) is 0 Å². The van der Waals surface area contributed by atoms with Crippen molar-refractivity contribution < 1.29 is 14.3 Å². The third kappa shape index (κ3) is 3.64. The van der Waals surface area contributed by atoms with Crippen LogP contribution in [0.4, 0.5) is 4.79 Å². The molecule has 5 nitrogen and oxygen atoms in total. The SMILES string of the molecule is CC(C)(C)OC(=O)NC[C@H]1CC(=O)N1. The Kier molecular flexibility index (Phi) is 2.98. The lowest BCUT2D eigenvalue weighted by Crippen LogP contribution is -2.54. The van der Waals surface area contributed by atoms with E-state index in [0.717, 1.165) is 0 Å². The van der Waals surface area contributed by atoms with Gasteiger partial charge in [0, 0.05) is 13.0 Å². The molecule has 80 valence electrons. The van der Waals surface area contributed by atoms with Gasteiger partial charge in [0.15, 0.2) is 0 Å². The summed E-state index contributed by atoms with van der Waals surface area (Å²) in [4.78, 5) is 21.7. The second kappa shape index (κ2) is 3.86. The zero-order valence-electron chi connectivity index (χ0n) is 8.72. The summed E-state index contributed by atoms with van der Waals surface area (Å²) >= 11 is 0. The number of carbonyl (C=O) groups excluding carboxylic acids is 2. The lowest BCUT2D eigenvalue weighted by molar-refractivity contribution is -0.128. The molecule has 0 aromatic carbocycles. The molecule has 0 radical (unpaired) electrons. The molecule has 0 aliphatic carbocycles. The highest BCUT2D eigenvalue weighted by atomic mass is 16.6.